The molecule has 2 rings (SSSR count). The van der Waals surface area contributed by atoms with E-state index in [1.54, 1.807) is 12.4 Å². The summed E-state index contributed by atoms with van der Waals surface area (Å²) >= 11 is 3.63. The summed E-state index contributed by atoms with van der Waals surface area (Å²) in [6, 6.07) is 4.01. The molecule has 2 heterocycles. The first-order valence-electron chi connectivity index (χ1n) is 7.42. The van der Waals surface area contributed by atoms with Gasteiger partial charge in [-0.25, -0.2) is 9.97 Å². The summed E-state index contributed by atoms with van der Waals surface area (Å²) in [5, 5.41) is 3.38. The summed E-state index contributed by atoms with van der Waals surface area (Å²) in [6.45, 7) is 5.22. The molecule has 0 spiro atoms. The molecule has 21 heavy (non-hydrogen) atoms. The van der Waals surface area contributed by atoms with Crippen LogP contribution in [0.3, 0.4) is 0 Å². The molecule has 0 bridgehead atoms. The molecule has 0 atom stereocenters. The maximum absolute atomic E-state index is 4.71. The molecular formula is C16H21BrN4. The molecule has 0 saturated carbocycles. The minimum absolute atomic E-state index is 0.729. The number of hydrogen-bond donors (Lipinski definition) is 1. The lowest BCUT2D eigenvalue weighted by Crippen LogP contribution is -2.09. The SMILES string of the molecule is CCCNc1nc(Cc2ccncc2)nc(CCC)c1Br. The Kier molecular flexibility index (Phi) is 6.11. The highest BCUT2D eigenvalue weighted by molar-refractivity contribution is 9.10. The van der Waals surface area contributed by atoms with E-state index in [1.165, 1.54) is 5.56 Å². The van der Waals surface area contributed by atoms with Crippen LogP contribution in [-0.4, -0.2) is 21.5 Å². The van der Waals surface area contributed by atoms with Gasteiger partial charge in [-0.15, -0.1) is 0 Å². The fourth-order valence-electron chi connectivity index (χ4n) is 2.07. The Morgan fingerprint density at radius 3 is 2.52 bits per heavy atom. The van der Waals surface area contributed by atoms with Crippen LogP contribution in [-0.2, 0) is 12.8 Å². The summed E-state index contributed by atoms with van der Waals surface area (Å²) in [7, 11) is 0. The van der Waals surface area contributed by atoms with Crippen molar-refractivity contribution in [3.05, 3.63) is 46.1 Å². The highest BCUT2D eigenvalue weighted by Crippen LogP contribution is 2.25. The summed E-state index contributed by atoms with van der Waals surface area (Å²) in [4.78, 5) is 13.4. The van der Waals surface area contributed by atoms with Crippen LogP contribution in [0.2, 0.25) is 0 Å². The fraction of sp³-hybridized carbons (Fsp3) is 0.438. The molecule has 0 fully saturated rings. The van der Waals surface area contributed by atoms with E-state index in [2.05, 4.69) is 45.1 Å². The number of rotatable bonds is 7. The summed E-state index contributed by atoms with van der Waals surface area (Å²) in [5.41, 5.74) is 2.26. The van der Waals surface area contributed by atoms with Crippen LogP contribution in [0.25, 0.3) is 0 Å². The first kappa shape index (κ1) is 15.9. The van der Waals surface area contributed by atoms with Crippen LogP contribution in [0.5, 0.6) is 0 Å². The maximum atomic E-state index is 4.71. The third-order valence-electron chi connectivity index (χ3n) is 3.11. The number of hydrogen-bond acceptors (Lipinski definition) is 4. The van der Waals surface area contributed by atoms with Gasteiger partial charge < -0.3 is 5.32 Å². The molecule has 0 unspecified atom stereocenters. The average molecular weight is 349 g/mol. The maximum Gasteiger partial charge on any atom is 0.144 e. The predicted molar refractivity (Wildman–Crippen MR) is 89.6 cm³/mol. The molecule has 0 saturated heterocycles. The van der Waals surface area contributed by atoms with E-state index in [0.717, 1.165) is 54.0 Å². The molecule has 0 aromatic carbocycles. The second-order valence-electron chi connectivity index (χ2n) is 4.96. The van der Waals surface area contributed by atoms with Gasteiger partial charge in [0.05, 0.1) is 10.2 Å². The van der Waals surface area contributed by atoms with Crippen molar-refractivity contribution in [3.63, 3.8) is 0 Å². The van der Waals surface area contributed by atoms with E-state index in [4.69, 9.17) is 4.98 Å². The first-order chi connectivity index (χ1) is 10.2. The number of nitrogens with one attached hydrogen (secondary N) is 1. The molecule has 112 valence electrons. The quantitative estimate of drug-likeness (QED) is 0.821. The zero-order valence-corrected chi connectivity index (χ0v) is 14.2. The molecule has 1 N–H and O–H groups in total. The van der Waals surface area contributed by atoms with Crippen molar-refractivity contribution < 1.29 is 0 Å². The minimum Gasteiger partial charge on any atom is -0.369 e. The number of aryl methyl sites for hydroxylation is 1. The van der Waals surface area contributed by atoms with Gasteiger partial charge in [0.1, 0.15) is 11.6 Å². The minimum atomic E-state index is 0.729. The van der Waals surface area contributed by atoms with Crippen molar-refractivity contribution in [2.24, 2.45) is 0 Å². The predicted octanol–water partition coefficient (Wildman–Crippen LogP) is 4.00. The smallest absolute Gasteiger partial charge is 0.144 e. The zero-order chi connectivity index (χ0) is 15.1. The number of halogens is 1. The van der Waals surface area contributed by atoms with Crippen molar-refractivity contribution in [1.82, 2.24) is 15.0 Å². The van der Waals surface area contributed by atoms with Gasteiger partial charge in [-0.2, -0.15) is 0 Å². The van der Waals surface area contributed by atoms with E-state index < -0.39 is 0 Å². The van der Waals surface area contributed by atoms with Crippen molar-refractivity contribution in [2.75, 3.05) is 11.9 Å². The highest BCUT2D eigenvalue weighted by atomic mass is 79.9. The topological polar surface area (TPSA) is 50.7 Å². The van der Waals surface area contributed by atoms with Crippen LogP contribution in [0.4, 0.5) is 5.82 Å². The van der Waals surface area contributed by atoms with Gasteiger partial charge >= 0.3 is 0 Å². The average Bonchev–Trinajstić information content (AvgIpc) is 2.50. The Bertz CT molecular complexity index is 572. The monoisotopic (exact) mass is 348 g/mol. The van der Waals surface area contributed by atoms with Crippen molar-refractivity contribution in [3.8, 4) is 0 Å². The third kappa shape index (κ3) is 4.49. The lowest BCUT2D eigenvalue weighted by molar-refractivity contribution is 0.830. The first-order valence-corrected chi connectivity index (χ1v) is 8.22. The van der Waals surface area contributed by atoms with E-state index in [1.807, 2.05) is 12.1 Å². The number of aromatic nitrogens is 3. The Morgan fingerprint density at radius 2 is 1.86 bits per heavy atom. The molecule has 0 aliphatic carbocycles. The molecule has 0 aliphatic heterocycles. The van der Waals surface area contributed by atoms with Crippen molar-refractivity contribution >= 4 is 21.7 Å². The second kappa shape index (κ2) is 8.08. The lowest BCUT2D eigenvalue weighted by atomic mass is 10.2. The Labute approximate surface area is 134 Å². The van der Waals surface area contributed by atoms with E-state index in [9.17, 15) is 0 Å². The summed E-state index contributed by atoms with van der Waals surface area (Å²) < 4.78 is 0.997. The molecule has 0 aliphatic rings. The van der Waals surface area contributed by atoms with Gasteiger partial charge in [0.15, 0.2) is 0 Å². The molecule has 5 heteroatoms. The molecule has 0 radical (unpaired) electrons. The van der Waals surface area contributed by atoms with Crippen LogP contribution in [0, 0.1) is 0 Å². The molecule has 4 nitrogen and oxygen atoms in total. The number of pyridine rings is 1. The second-order valence-corrected chi connectivity index (χ2v) is 5.75. The Morgan fingerprint density at radius 1 is 1.10 bits per heavy atom. The van der Waals surface area contributed by atoms with Crippen LogP contribution in [0.15, 0.2) is 29.0 Å². The van der Waals surface area contributed by atoms with Crippen LogP contribution < -0.4 is 5.32 Å². The van der Waals surface area contributed by atoms with Crippen LogP contribution in [0.1, 0.15) is 43.8 Å². The van der Waals surface area contributed by atoms with Gasteiger partial charge in [0.25, 0.3) is 0 Å². The largest absolute Gasteiger partial charge is 0.369 e. The van der Waals surface area contributed by atoms with E-state index in [-0.39, 0.29) is 0 Å². The van der Waals surface area contributed by atoms with E-state index >= 15 is 0 Å². The van der Waals surface area contributed by atoms with E-state index in [0.29, 0.717) is 0 Å². The normalized spacial score (nSPS) is 10.6. The highest BCUT2D eigenvalue weighted by Gasteiger charge is 2.12. The summed E-state index contributed by atoms with van der Waals surface area (Å²) in [6.07, 6.45) is 7.42. The van der Waals surface area contributed by atoms with Gasteiger partial charge in [-0.05, 0) is 46.5 Å². The Hall–Kier alpha value is -1.49. The molecule has 2 aromatic heterocycles. The van der Waals surface area contributed by atoms with Crippen molar-refractivity contribution in [2.45, 2.75) is 39.5 Å². The number of nitrogens with zero attached hydrogens (tertiary/aromatic N) is 3. The fourth-order valence-corrected chi connectivity index (χ4v) is 2.59. The molecule has 2 aromatic rings. The Balaban J connectivity index is 2.29. The third-order valence-corrected chi connectivity index (χ3v) is 3.94. The van der Waals surface area contributed by atoms with Crippen LogP contribution >= 0.6 is 15.9 Å². The van der Waals surface area contributed by atoms with Gasteiger partial charge in [0, 0.05) is 25.4 Å². The zero-order valence-electron chi connectivity index (χ0n) is 12.6. The number of anilines is 1. The summed E-state index contributed by atoms with van der Waals surface area (Å²) in [5.74, 6) is 1.76. The van der Waals surface area contributed by atoms with Crippen molar-refractivity contribution in [1.29, 1.82) is 0 Å². The lowest BCUT2D eigenvalue weighted by Gasteiger charge is -2.12. The molecular weight excluding hydrogens is 328 g/mol. The standard InChI is InChI=1S/C16H21BrN4/c1-3-5-13-15(17)16(19-8-4-2)21-14(20-13)11-12-6-9-18-10-7-12/h6-7,9-10H,3-5,8,11H2,1-2H3,(H,19,20,21). The van der Waals surface area contributed by atoms with Gasteiger partial charge in [-0.1, -0.05) is 20.3 Å². The molecule has 0 amide bonds. The van der Waals surface area contributed by atoms with Gasteiger partial charge in [-0.3, -0.25) is 4.98 Å². The van der Waals surface area contributed by atoms with Gasteiger partial charge in [0.2, 0.25) is 0 Å².